The van der Waals surface area contributed by atoms with E-state index in [1.54, 1.807) is 6.07 Å². The molecule has 0 atom stereocenters. The van der Waals surface area contributed by atoms with Gasteiger partial charge in [-0.25, -0.2) is 0 Å². The van der Waals surface area contributed by atoms with E-state index >= 15 is 0 Å². The highest BCUT2D eigenvalue weighted by Crippen LogP contribution is 2.24. The number of benzene rings is 1. The summed E-state index contributed by atoms with van der Waals surface area (Å²) in [5.41, 5.74) is 0. The number of nitrogens with zero attached hydrogens (tertiary/aromatic N) is 1. The minimum absolute atomic E-state index is 0.129. The predicted octanol–water partition coefficient (Wildman–Crippen LogP) is 4.05. The summed E-state index contributed by atoms with van der Waals surface area (Å²) in [6, 6.07) is 4.41. The summed E-state index contributed by atoms with van der Waals surface area (Å²) >= 11 is 11.1. The van der Waals surface area contributed by atoms with Gasteiger partial charge in [0.25, 0.3) is 0 Å². The molecule has 0 aliphatic rings. The van der Waals surface area contributed by atoms with E-state index in [2.05, 4.69) is 25.7 Å². The number of hydrogen-bond donors (Lipinski definition) is 1. The lowest BCUT2D eigenvalue weighted by molar-refractivity contribution is 0.321. The minimum Gasteiger partial charge on any atom is -0.508 e. The molecule has 0 saturated heterocycles. The van der Waals surface area contributed by atoms with E-state index in [9.17, 15) is 0 Å². The van der Waals surface area contributed by atoms with E-state index in [4.69, 9.17) is 28.3 Å². The van der Waals surface area contributed by atoms with E-state index in [-0.39, 0.29) is 5.75 Å². The van der Waals surface area contributed by atoms with E-state index in [1.807, 2.05) is 0 Å². The summed E-state index contributed by atoms with van der Waals surface area (Å²) in [6.45, 7) is 10.1. The molecule has 0 unspecified atom stereocenters. The molecule has 0 aromatic heterocycles. The molecule has 0 aliphatic carbocycles. The van der Waals surface area contributed by atoms with Crippen LogP contribution in [0.4, 0.5) is 0 Å². The number of halogens is 2. The highest BCUT2D eigenvalue weighted by molar-refractivity contribution is 6.42. The SMILES string of the molecule is CCN(CC)CC.Oc1ccc(Cl)c(Cl)c1. The molecule has 0 heterocycles. The number of hydrogen-bond acceptors (Lipinski definition) is 2. The third-order valence-electron chi connectivity index (χ3n) is 2.24. The van der Waals surface area contributed by atoms with Gasteiger partial charge in [0.15, 0.2) is 0 Å². The minimum atomic E-state index is 0.129. The first-order chi connectivity index (χ1) is 7.54. The van der Waals surface area contributed by atoms with Crippen LogP contribution in [0.15, 0.2) is 18.2 Å². The number of phenolic OH excluding ortho intramolecular Hbond substituents is 1. The van der Waals surface area contributed by atoms with Crippen LogP contribution in [-0.4, -0.2) is 29.6 Å². The Morgan fingerprint density at radius 1 is 1.00 bits per heavy atom. The fraction of sp³-hybridized carbons (Fsp3) is 0.500. The molecular weight excluding hydrogens is 245 g/mol. The third kappa shape index (κ3) is 6.21. The second-order valence-corrected chi connectivity index (χ2v) is 4.03. The highest BCUT2D eigenvalue weighted by Gasteiger charge is 1.95. The summed E-state index contributed by atoms with van der Waals surface area (Å²) in [7, 11) is 0. The molecule has 2 nitrogen and oxygen atoms in total. The molecule has 16 heavy (non-hydrogen) atoms. The first kappa shape index (κ1) is 15.6. The van der Waals surface area contributed by atoms with E-state index in [1.165, 1.54) is 31.8 Å². The Hall–Kier alpha value is -0.440. The average Bonchev–Trinajstić information content (AvgIpc) is 2.27. The quantitative estimate of drug-likeness (QED) is 0.890. The molecule has 0 radical (unpaired) electrons. The molecule has 0 fully saturated rings. The van der Waals surface area contributed by atoms with Gasteiger partial charge in [0.1, 0.15) is 5.75 Å². The van der Waals surface area contributed by atoms with Crippen LogP contribution >= 0.6 is 23.2 Å². The molecule has 1 rings (SSSR count). The van der Waals surface area contributed by atoms with Crippen LogP contribution in [0.3, 0.4) is 0 Å². The lowest BCUT2D eigenvalue weighted by atomic mass is 10.3. The van der Waals surface area contributed by atoms with Crippen molar-refractivity contribution in [3.63, 3.8) is 0 Å². The monoisotopic (exact) mass is 263 g/mol. The van der Waals surface area contributed by atoms with Crippen molar-refractivity contribution in [3.05, 3.63) is 28.2 Å². The van der Waals surface area contributed by atoms with Gasteiger partial charge in [-0.15, -0.1) is 0 Å². The Labute approximate surface area is 108 Å². The smallest absolute Gasteiger partial charge is 0.117 e. The molecule has 0 aliphatic heterocycles. The van der Waals surface area contributed by atoms with Gasteiger partial charge in [-0.05, 0) is 37.8 Å². The van der Waals surface area contributed by atoms with Crippen molar-refractivity contribution in [1.82, 2.24) is 4.90 Å². The van der Waals surface area contributed by atoms with Crippen LogP contribution in [0.2, 0.25) is 10.0 Å². The molecule has 0 spiro atoms. The van der Waals surface area contributed by atoms with Gasteiger partial charge in [-0.1, -0.05) is 44.0 Å². The van der Waals surface area contributed by atoms with Crippen molar-refractivity contribution in [2.45, 2.75) is 20.8 Å². The fourth-order valence-electron chi connectivity index (χ4n) is 1.16. The van der Waals surface area contributed by atoms with Crippen LogP contribution in [0.25, 0.3) is 0 Å². The zero-order valence-electron chi connectivity index (χ0n) is 10.0. The maximum atomic E-state index is 8.79. The zero-order valence-corrected chi connectivity index (χ0v) is 11.5. The lowest BCUT2D eigenvalue weighted by Crippen LogP contribution is -2.21. The Balaban J connectivity index is 0.000000293. The summed E-state index contributed by atoms with van der Waals surface area (Å²) in [5, 5.41) is 9.62. The maximum absolute atomic E-state index is 8.79. The summed E-state index contributed by atoms with van der Waals surface area (Å²) in [5.74, 6) is 0.129. The number of aromatic hydroxyl groups is 1. The molecule has 4 heteroatoms. The van der Waals surface area contributed by atoms with E-state index < -0.39 is 0 Å². The first-order valence-electron chi connectivity index (χ1n) is 5.41. The van der Waals surface area contributed by atoms with Gasteiger partial charge in [0.05, 0.1) is 10.0 Å². The normalized spacial score (nSPS) is 9.88. The largest absolute Gasteiger partial charge is 0.508 e. The topological polar surface area (TPSA) is 23.5 Å². The second kappa shape index (κ2) is 8.68. The lowest BCUT2D eigenvalue weighted by Gasteiger charge is -2.13. The van der Waals surface area contributed by atoms with Crippen LogP contribution in [0.1, 0.15) is 20.8 Å². The highest BCUT2D eigenvalue weighted by atomic mass is 35.5. The van der Waals surface area contributed by atoms with Crippen molar-refractivity contribution >= 4 is 23.2 Å². The predicted molar refractivity (Wildman–Crippen MR) is 71.6 cm³/mol. The standard InChI is InChI=1S/C6H4Cl2O.C6H15N/c7-5-2-1-4(9)3-6(5)8;1-4-7(5-2)6-3/h1-3,9H;4-6H2,1-3H3. The Morgan fingerprint density at radius 3 is 1.75 bits per heavy atom. The van der Waals surface area contributed by atoms with Gasteiger partial charge in [0.2, 0.25) is 0 Å². The van der Waals surface area contributed by atoms with Crippen molar-refractivity contribution in [3.8, 4) is 5.75 Å². The Morgan fingerprint density at radius 2 is 1.50 bits per heavy atom. The first-order valence-corrected chi connectivity index (χ1v) is 6.17. The van der Waals surface area contributed by atoms with Crippen LogP contribution < -0.4 is 0 Å². The van der Waals surface area contributed by atoms with Crippen molar-refractivity contribution in [2.75, 3.05) is 19.6 Å². The van der Waals surface area contributed by atoms with Crippen LogP contribution in [0, 0.1) is 0 Å². The van der Waals surface area contributed by atoms with Crippen LogP contribution in [0.5, 0.6) is 5.75 Å². The van der Waals surface area contributed by atoms with Gasteiger partial charge >= 0.3 is 0 Å². The van der Waals surface area contributed by atoms with Crippen LogP contribution in [-0.2, 0) is 0 Å². The zero-order chi connectivity index (χ0) is 12.6. The van der Waals surface area contributed by atoms with Crippen molar-refractivity contribution in [1.29, 1.82) is 0 Å². The van der Waals surface area contributed by atoms with E-state index in [0.29, 0.717) is 10.0 Å². The molecule has 0 amide bonds. The van der Waals surface area contributed by atoms with Gasteiger partial charge in [-0.3, -0.25) is 0 Å². The van der Waals surface area contributed by atoms with Gasteiger partial charge in [0, 0.05) is 0 Å². The van der Waals surface area contributed by atoms with Crippen molar-refractivity contribution < 1.29 is 5.11 Å². The van der Waals surface area contributed by atoms with E-state index in [0.717, 1.165) is 0 Å². The molecule has 0 bridgehead atoms. The number of phenols is 1. The Kier molecular flexibility index (Phi) is 8.44. The fourth-order valence-corrected chi connectivity index (χ4v) is 1.45. The summed E-state index contributed by atoms with van der Waals surface area (Å²) in [6.07, 6.45) is 0. The van der Waals surface area contributed by atoms with Gasteiger partial charge < -0.3 is 10.0 Å². The molecule has 92 valence electrons. The summed E-state index contributed by atoms with van der Waals surface area (Å²) in [4.78, 5) is 2.38. The maximum Gasteiger partial charge on any atom is 0.117 e. The molecular formula is C12H19Cl2NO. The Bertz CT molecular complexity index is 296. The molecule has 1 aromatic rings. The van der Waals surface area contributed by atoms with Crippen molar-refractivity contribution in [2.24, 2.45) is 0 Å². The molecule has 1 aromatic carbocycles. The number of rotatable bonds is 3. The van der Waals surface area contributed by atoms with Gasteiger partial charge in [-0.2, -0.15) is 0 Å². The average molecular weight is 264 g/mol. The molecule has 1 N–H and O–H groups in total. The second-order valence-electron chi connectivity index (χ2n) is 3.22. The third-order valence-corrected chi connectivity index (χ3v) is 2.98. The summed E-state index contributed by atoms with van der Waals surface area (Å²) < 4.78 is 0. The molecule has 0 saturated carbocycles.